The molecule has 2 radical (unpaired) electrons. The van der Waals surface area contributed by atoms with Gasteiger partial charge in [0.05, 0.1) is 0 Å². The van der Waals surface area contributed by atoms with E-state index in [2.05, 4.69) is 71.9 Å². The maximum atomic E-state index is 5.58. The van der Waals surface area contributed by atoms with E-state index < -0.39 is 0 Å². The SMILES string of the molecule is [B]C=C(C)C=CC1CC1(C)c1ccc2c(c1)C(C)(C)CCC2(C)C. The minimum absolute atomic E-state index is 0.288. The first-order chi connectivity index (χ1) is 11.1. The molecule has 0 heterocycles. The molecular formula is C23H31B. The van der Waals surface area contributed by atoms with Gasteiger partial charge in [-0.15, -0.1) is 5.98 Å². The molecule has 1 aromatic rings. The van der Waals surface area contributed by atoms with Gasteiger partial charge >= 0.3 is 0 Å². The van der Waals surface area contributed by atoms with Gasteiger partial charge in [-0.25, -0.2) is 0 Å². The molecule has 1 heteroatoms. The zero-order valence-electron chi connectivity index (χ0n) is 16.2. The van der Waals surface area contributed by atoms with Crippen LogP contribution in [0.5, 0.6) is 0 Å². The summed E-state index contributed by atoms with van der Waals surface area (Å²) >= 11 is 0. The molecule has 1 aromatic carbocycles. The quantitative estimate of drug-likeness (QED) is 0.478. The van der Waals surface area contributed by atoms with Gasteiger partial charge in [0.15, 0.2) is 0 Å². The molecule has 0 aromatic heterocycles. The van der Waals surface area contributed by atoms with Gasteiger partial charge in [0.25, 0.3) is 0 Å². The second kappa shape index (κ2) is 5.65. The maximum absolute atomic E-state index is 5.58. The number of hydrogen-bond acceptors (Lipinski definition) is 0. The van der Waals surface area contributed by atoms with Crippen LogP contribution in [-0.2, 0) is 16.2 Å². The summed E-state index contributed by atoms with van der Waals surface area (Å²) in [5.74, 6) is 2.31. The molecule has 0 N–H and O–H groups in total. The van der Waals surface area contributed by atoms with E-state index in [4.69, 9.17) is 7.85 Å². The Bertz CT molecular complexity index is 705. The average Bonchev–Trinajstić information content (AvgIpc) is 3.21. The smallest absolute Gasteiger partial charge is 0.103 e. The van der Waals surface area contributed by atoms with Crippen LogP contribution < -0.4 is 0 Å². The maximum Gasteiger partial charge on any atom is 0.103 e. The van der Waals surface area contributed by atoms with E-state index in [1.807, 2.05) is 0 Å². The lowest BCUT2D eigenvalue weighted by Crippen LogP contribution is -2.34. The first kappa shape index (κ1) is 17.6. The minimum Gasteiger partial charge on any atom is -0.129 e. The van der Waals surface area contributed by atoms with Crippen LogP contribution in [-0.4, -0.2) is 7.85 Å². The fourth-order valence-corrected chi connectivity index (χ4v) is 4.28. The third-order valence-corrected chi connectivity index (χ3v) is 6.67. The van der Waals surface area contributed by atoms with Crippen LogP contribution in [0.25, 0.3) is 0 Å². The molecular weight excluding hydrogens is 287 g/mol. The molecule has 0 amide bonds. The number of fused-ring (bicyclic) bond motifs is 1. The Morgan fingerprint density at radius 1 is 1.04 bits per heavy atom. The molecule has 2 aliphatic rings. The molecule has 0 saturated heterocycles. The molecule has 0 nitrogen and oxygen atoms in total. The van der Waals surface area contributed by atoms with Gasteiger partial charge in [0.2, 0.25) is 0 Å². The summed E-state index contributed by atoms with van der Waals surface area (Å²) in [4.78, 5) is 0. The summed E-state index contributed by atoms with van der Waals surface area (Å²) in [6.45, 7) is 14.1. The van der Waals surface area contributed by atoms with Gasteiger partial charge in [-0.1, -0.05) is 70.5 Å². The van der Waals surface area contributed by atoms with Crippen LogP contribution >= 0.6 is 0 Å². The van der Waals surface area contributed by atoms with E-state index in [9.17, 15) is 0 Å². The van der Waals surface area contributed by atoms with Gasteiger partial charge in [-0.05, 0) is 65.0 Å². The van der Waals surface area contributed by atoms with Crippen molar-refractivity contribution in [2.75, 3.05) is 0 Å². The van der Waals surface area contributed by atoms with Crippen molar-refractivity contribution in [3.63, 3.8) is 0 Å². The van der Waals surface area contributed by atoms with E-state index in [1.54, 1.807) is 17.1 Å². The van der Waals surface area contributed by atoms with Crippen molar-refractivity contribution in [1.82, 2.24) is 0 Å². The van der Waals surface area contributed by atoms with Crippen LogP contribution in [0, 0.1) is 5.92 Å². The van der Waals surface area contributed by atoms with Crippen LogP contribution in [0.4, 0.5) is 0 Å². The van der Waals surface area contributed by atoms with Gasteiger partial charge in [-0.2, -0.15) is 0 Å². The van der Waals surface area contributed by atoms with E-state index >= 15 is 0 Å². The van der Waals surface area contributed by atoms with Crippen molar-refractivity contribution in [2.45, 2.75) is 77.0 Å². The lowest BCUT2D eigenvalue weighted by atomic mass is 9.62. The molecule has 0 spiro atoms. The normalized spacial score (nSPS) is 31.1. The topological polar surface area (TPSA) is 0 Å². The summed E-state index contributed by atoms with van der Waals surface area (Å²) in [5, 5.41) is 0. The molecule has 2 atom stereocenters. The highest BCUT2D eigenvalue weighted by Crippen LogP contribution is 2.56. The van der Waals surface area contributed by atoms with Crippen molar-refractivity contribution in [3.8, 4) is 0 Å². The molecule has 1 saturated carbocycles. The standard InChI is InChI=1S/C23H31B/c1-16(15-24)7-8-18-14-23(18,6)17-9-10-19-20(13-17)22(4,5)12-11-21(19,2)3/h7-10,13,15,18H,11-12,14H2,1-6H3. The summed E-state index contributed by atoms with van der Waals surface area (Å²) in [6.07, 6.45) is 8.30. The Hall–Kier alpha value is -1.24. The first-order valence-electron chi connectivity index (χ1n) is 9.32. The molecule has 2 unspecified atom stereocenters. The Morgan fingerprint density at radius 2 is 1.67 bits per heavy atom. The molecule has 3 rings (SSSR count). The zero-order valence-corrected chi connectivity index (χ0v) is 16.2. The van der Waals surface area contributed by atoms with Crippen molar-refractivity contribution in [2.24, 2.45) is 5.92 Å². The van der Waals surface area contributed by atoms with Crippen molar-refractivity contribution in [3.05, 3.63) is 58.6 Å². The average molecular weight is 318 g/mol. The van der Waals surface area contributed by atoms with Gasteiger partial charge in [0, 0.05) is 0 Å². The highest BCUT2D eigenvalue weighted by Gasteiger charge is 2.50. The predicted octanol–water partition coefficient (Wildman–Crippen LogP) is 5.94. The van der Waals surface area contributed by atoms with E-state index in [0.717, 1.165) is 5.57 Å². The third kappa shape index (κ3) is 2.91. The minimum atomic E-state index is 0.288. The second-order valence-corrected chi connectivity index (χ2v) is 9.53. The number of allylic oxidation sites excluding steroid dienone is 3. The summed E-state index contributed by atoms with van der Waals surface area (Å²) < 4.78 is 0. The van der Waals surface area contributed by atoms with Crippen molar-refractivity contribution in [1.29, 1.82) is 0 Å². The number of benzene rings is 1. The lowest BCUT2D eigenvalue weighted by molar-refractivity contribution is 0.331. The third-order valence-electron chi connectivity index (χ3n) is 6.67. The molecule has 24 heavy (non-hydrogen) atoms. The van der Waals surface area contributed by atoms with Crippen LogP contribution in [0.15, 0.2) is 41.9 Å². The number of rotatable bonds is 3. The van der Waals surface area contributed by atoms with Gasteiger partial charge < -0.3 is 0 Å². The van der Waals surface area contributed by atoms with Crippen LogP contribution in [0.3, 0.4) is 0 Å². The molecule has 1 fully saturated rings. The molecule has 2 aliphatic carbocycles. The zero-order chi connectivity index (χ0) is 17.8. The van der Waals surface area contributed by atoms with E-state index in [0.29, 0.717) is 11.3 Å². The molecule has 0 aliphatic heterocycles. The number of hydrogen-bond donors (Lipinski definition) is 0. The van der Waals surface area contributed by atoms with Crippen molar-refractivity contribution < 1.29 is 0 Å². The second-order valence-electron chi connectivity index (χ2n) is 9.53. The fraction of sp³-hybridized carbons (Fsp3) is 0.565. The monoisotopic (exact) mass is 318 g/mol. The fourth-order valence-electron chi connectivity index (χ4n) is 4.28. The summed E-state index contributed by atoms with van der Waals surface area (Å²) in [6, 6.07) is 7.33. The highest BCUT2D eigenvalue weighted by atomic mass is 14.5. The van der Waals surface area contributed by atoms with Crippen LogP contribution in [0.2, 0.25) is 0 Å². The Kier molecular flexibility index (Phi) is 4.14. The molecule has 0 bridgehead atoms. The Balaban J connectivity index is 1.94. The van der Waals surface area contributed by atoms with Crippen LogP contribution in [0.1, 0.15) is 77.5 Å². The Morgan fingerprint density at radius 3 is 2.29 bits per heavy atom. The summed E-state index contributed by atoms with van der Waals surface area (Å²) in [7, 11) is 5.58. The van der Waals surface area contributed by atoms with Gasteiger partial charge in [-0.3, -0.25) is 0 Å². The summed E-state index contributed by atoms with van der Waals surface area (Å²) in [5.41, 5.74) is 6.66. The largest absolute Gasteiger partial charge is 0.129 e. The lowest BCUT2D eigenvalue weighted by Gasteiger charge is -2.42. The first-order valence-corrected chi connectivity index (χ1v) is 9.32. The van der Waals surface area contributed by atoms with Gasteiger partial charge in [0.1, 0.15) is 7.85 Å². The Labute approximate surface area is 149 Å². The van der Waals surface area contributed by atoms with Crippen molar-refractivity contribution >= 4 is 7.85 Å². The van der Waals surface area contributed by atoms with E-state index in [-0.39, 0.29) is 10.8 Å². The highest BCUT2D eigenvalue weighted by molar-refractivity contribution is 6.17. The predicted molar refractivity (Wildman–Crippen MR) is 106 cm³/mol. The molecule has 126 valence electrons. The van der Waals surface area contributed by atoms with E-state index in [1.165, 1.54) is 24.8 Å².